The molecule has 2 aromatic carbocycles. The lowest BCUT2D eigenvalue weighted by Crippen LogP contribution is -2.47. The van der Waals surface area contributed by atoms with Crippen molar-refractivity contribution in [3.8, 4) is 0 Å². The number of hydrogen-bond donors (Lipinski definition) is 0. The van der Waals surface area contributed by atoms with Crippen molar-refractivity contribution in [2.75, 3.05) is 49.6 Å². The first-order valence-corrected chi connectivity index (χ1v) is 12.6. The number of halogens is 4. The van der Waals surface area contributed by atoms with Gasteiger partial charge in [-0.1, -0.05) is 70.7 Å². The molecule has 0 radical (unpaired) electrons. The van der Waals surface area contributed by atoms with Crippen LogP contribution in [0.5, 0.6) is 0 Å². The molecular formula is C26H24Cl4N4O. The zero-order chi connectivity index (χ0) is 24.9. The highest BCUT2D eigenvalue weighted by Gasteiger charge is 2.26. The maximum absolute atomic E-state index is 13.2. The van der Waals surface area contributed by atoms with E-state index in [0.29, 0.717) is 21.3 Å². The number of carbonyl (C=O) groups is 1. The quantitative estimate of drug-likeness (QED) is 0.317. The Labute approximate surface area is 225 Å². The minimum Gasteiger partial charge on any atom is -0.366 e. The van der Waals surface area contributed by atoms with E-state index in [-0.39, 0.29) is 11.1 Å². The standard InChI is InChI=1S/C26H24Cl4N4O/c1-32(26(35)19-10-11-31-23(29)17-19)22-9-8-21(28)24(30)25(22)34-15-13-33(14-16-34)12-2-3-18-4-6-20(27)7-5-18/h2-11,17H,12-16H2,1H3/b3-2+. The second kappa shape index (κ2) is 11.6. The van der Waals surface area contributed by atoms with E-state index in [1.807, 2.05) is 30.3 Å². The predicted molar refractivity (Wildman–Crippen MR) is 148 cm³/mol. The highest BCUT2D eigenvalue weighted by molar-refractivity contribution is 6.44. The van der Waals surface area contributed by atoms with Crippen LogP contribution in [0.3, 0.4) is 0 Å². The zero-order valence-electron chi connectivity index (χ0n) is 19.1. The first kappa shape index (κ1) is 25.8. The lowest BCUT2D eigenvalue weighted by atomic mass is 10.1. The Balaban J connectivity index is 1.46. The third kappa shape index (κ3) is 6.29. The average Bonchev–Trinajstić information content (AvgIpc) is 2.86. The normalized spacial score (nSPS) is 14.5. The molecular weight excluding hydrogens is 526 g/mol. The summed E-state index contributed by atoms with van der Waals surface area (Å²) in [5.41, 5.74) is 3.01. The number of aromatic nitrogens is 1. The van der Waals surface area contributed by atoms with Gasteiger partial charge in [-0.05, 0) is 42.0 Å². The van der Waals surface area contributed by atoms with Crippen LogP contribution < -0.4 is 9.80 Å². The van der Waals surface area contributed by atoms with Gasteiger partial charge in [0.25, 0.3) is 5.91 Å². The third-order valence-corrected chi connectivity index (χ3v) is 7.17. The number of benzene rings is 2. The Hall–Kier alpha value is -2.28. The maximum atomic E-state index is 13.2. The average molecular weight is 550 g/mol. The van der Waals surface area contributed by atoms with E-state index < -0.39 is 0 Å². The predicted octanol–water partition coefficient (Wildman–Crippen LogP) is 6.81. The van der Waals surface area contributed by atoms with Crippen LogP contribution in [0.15, 0.2) is 60.8 Å². The number of nitrogens with zero attached hydrogens (tertiary/aromatic N) is 4. The van der Waals surface area contributed by atoms with Crippen LogP contribution in [0.4, 0.5) is 11.4 Å². The lowest BCUT2D eigenvalue weighted by molar-refractivity contribution is 0.0993. The number of rotatable bonds is 6. The summed E-state index contributed by atoms with van der Waals surface area (Å²) >= 11 is 25.0. The molecule has 9 heteroatoms. The molecule has 0 bridgehead atoms. The number of piperazine rings is 1. The smallest absolute Gasteiger partial charge is 0.258 e. The highest BCUT2D eigenvalue weighted by atomic mass is 35.5. The van der Waals surface area contributed by atoms with E-state index in [9.17, 15) is 4.79 Å². The monoisotopic (exact) mass is 548 g/mol. The molecule has 1 saturated heterocycles. The molecule has 0 unspecified atom stereocenters. The van der Waals surface area contributed by atoms with Gasteiger partial charge in [0.05, 0.1) is 21.4 Å². The maximum Gasteiger partial charge on any atom is 0.258 e. The molecule has 1 aliphatic rings. The van der Waals surface area contributed by atoms with Crippen LogP contribution in [0.25, 0.3) is 6.08 Å². The van der Waals surface area contributed by atoms with Gasteiger partial charge in [-0.2, -0.15) is 0 Å². The highest BCUT2D eigenvalue weighted by Crippen LogP contribution is 2.41. The fourth-order valence-corrected chi connectivity index (χ4v) is 4.74. The molecule has 0 spiro atoms. The molecule has 1 aliphatic heterocycles. The molecule has 5 nitrogen and oxygen atoms in total. The Kier molecular flexibility index (Phi) is 8.58. The van der Waals surface area contributed by atoms with Gasteiger partial charge < -0.3 is 9.80 Å². The summed E-state index contributed by atoms with van der Waals surface area (Å²) in [5.74, 6) is -0.208. The molecule has 3 aromatic rings. The van der Waals surface area contributed by atoms with Gasteiger partial charge >= 0.3 is 0 Å². The molecule has 1 fully saturated rings. The van der Waals surface area contributed by atoms with E-state index in [4.69, 9.17) is 46.4 Å². The summed E-state index contributed by atoms with van der Waals surface area (Å²) in [6, 6.07) is 14.5. The minimum atomic E-state index is -0.208. The summed E-state index contributed by atoms with van der Waals surface area (Å²) < 4.78 is 0. The first-order valence-electron chi connectivity index (χ1n) is 11.1. The fourth-order valence-electron chi connectivity index (χ4n) is 4.01. The van der Waals surface area contributed by atoms with Gasteiger partial charge in [0, 0.05) is 56.6 Å². The van der Waals surface area contributed by atoms with E-state index in [1.54, 1.807) is 30.1 Å². The fraction of sp³-hybridized carbons (Fsp3) is 0.231. The lowest BCUT2D eigenvalue weighted by Gasteiger charge is -2.38. The van der Waals surface area contributed by atoms with Gasteiger partial charge in [0.15, 0.2) is 0 Å². The molecule has 1 amide bonds. The molecule has 0 saturated carbocycles. The second-order valence-electron chi connectivity index (χ2n) is 8.20. The summed E-state index contributed by atoms with van der Waals surface area (Å²) in [6.45, 7) is 4.06. The van der Waals surface area contributed by atoms with Crippen molar-refractivity contribution < 1.29 is 4.79 Å². The molecule has 0 atom stereocenters. The Morgan fingerprint density at radius 1 is 1.00 bits per heavy atom. The SMILES string of the molecule is CN(C(=O)c1ccnc(Cl)c1)c1ccc(Cl)c(Cl)c1N1CCN(C/C=C/c2ccc(Cl)cc2)CC1. The summed E-state index contributed by atoms with van der Waals surface area (Å²) in [7, 11) is 1.72. The Morgan fingerprint density at radius 2 is 1.71 bits per heavy atom. The number of amides is 1. The van der Waals surface area contributed by atoms with Crippen molar-refractivity contribution >= 4 is 69.8 Å². The van der Waals surface area contributed by atoms with Gasteiger partial charge in [-0.3, -0.25) is 9.69 Å². The number of carbonyl (C=O) groups excluding carboxylic acids is 1. The number of hydrogen-bond acceptors (Lipinski definition) is 4. The summed E-state index contributed by atoms with van der Waals surface area (Å²) in [5, 5.41) is 1.88. The summed E-state index contributed by atoms with van der Waals surface area (Å²) in [4.78, 5) is 23.2. The van der Waals surface area contributed by atoms with Crippen molar-refractivity contribution in [1.29, 1.82) is 0 Å². The van der Waals surface area contributed by atoms with Crippen LogP contribution >= 0.6 is 46.4 Å². The molecule has 0 aliphatic carbocycles. The van der Waals surface area contributed by atoms with Crippen molar-refractivity contribution in [1.82, 2.24) is 9.88 Å². The van der Waals surface area contributed by atoms with Crippen LogP contribution in [0.1, 0.15) is 15.9 Å². The molecule has 182 valence electrons. The van der Waals surface area contributed by atoms with E-state index in [1.165, 1.54) is 6.20 Å². The van der Waals surface area contributed by atoms with Crippen LogP contribution in [-0.2, 0) is 0 Å². The van der Waals surface area contributed by atoms with Crippen molar-refractivity contribution in [3.05, 3.63) is 92.2 Å². The molecule has 2 heterocycles. The first-order chi connectivity index (χ1) is 16.8. The third-order valence-electron chi connectivity index (χ3n) is 5.92. The van der Waals surface area contributed by atoms with Gasteiger partial charge in [-0.25, -0.2) is 4.98 Å². The van der Waals surface area contributed by atoms with Crippen LogP contribution in [0.2, 0.25) is 20.2 Å². The Bertz CT molecular complexity index is 1220. The van der Waals surface area contributed by atoms with Gasteiger partial charge in [-0.15, -0.1) is 0 Å². The largest absolute Gasteiger partial charge is 0.366 e. The number of anilines is 2. The van der Waals surface area contributed by atoms with Crippen molar-refractivity contribution in [2.24, 2.45) is 0 Å². The molecule has 0 N–H and O–H groups in total. The van der Waals surface area contributed by atoms with Gasteiger partial charge in [0.2, 0.25) is 0 Å². The van der Waals surface area contributed by atoms with E-state index in [0.717, 1.165) is 49.0 Å². The Morgan fingerprint density at radius 3 is 2.40 bits per heavy atom. The van der Waals surface area contributed by atoms with Crippen molar-refractivity contribution in [3.63, 3.8) is 0 Å². The van der Waals surface area contributed by atoms with Crippen LogP contribution in [0, 0.1) is 0 Å². The van der Waals surface area contributed by atoms with Gasteiger partial charge in [0.1, 0.15) is 5.15 Å². The van der Waals surface area contributed by atoms with Crippen LogP contribution in [-0.4, -0.2) is 55.6 Å². The summed E-state index contributed by atoms with van der Waals surface area (Å²) in [6.07, 6.45) is 5.77. The van der Waals surface area contributed by atoms with E-state index >= 15 is 0 Å². The topological polar surface area (TPSA) is 39.7 Å². The molecule has 1 aromatic heterocycles. The van der Waals surface area contributed by atoms with E-state index in [2.05, 4.69) is 26.9 Å². The molecule has 35 heavy (non-hydrogen) atoms. The van der Waals surface area contributed by atoms with Crippen molar-refractivity contribution in [2.45, 2.75) is 0 Å². The zero-order valence-corrected chi connectivity index (χ0v) is 22.1. The second-order valence-corrected chi connectivity index (χ2v) is 9.81. The minimum absolute atomic E-state index is 0.208. The molecule has 4 rings (SSSR count). The number of pyridine rings is 1.